The van der Waals surface area contributed by atoms with E-state index in [2.05, 4.69) is 5.10 Å². The van der Waals surface area contributed by atoms with Crippen molar-refractivity contribution in [3.05, 3.63) is 94.5 Å². The number of halogens is 1. The highest BCUT2D eigenvalue weighted by Gasteiger charge is 2.15. The molecule has 0 fully saturated rings. The monoisotopic (exact) mass is 404 g/mol. The summed E-state index contributed by atoms with van der Waals surface area (Å²) >= 11 is 0. The van der Waals surface area contributed by atoms with Crippen LogP contribution < -0.4 is 10.3 Å². The smallest absolute Gasteiger partial charge is 0.274 e. The van der Waals surface area contributed by atoms with Gasteiger partial charge in [-0.05, 0) is 37.3 Å². The Morgan fingerprint density at radius 3 is 2.37 bits per heavy atom. The van der Waals surface area contributed by atoms with E-state index in [1.54, 1.807) is 12.1 Å². The van der Waals surface area contributed by atoms with Crippen molar-refractivity contribution in [2.75, 3.05) is 6.61 Å². The standard InChI is InChI=1S/C24H21FN2O3/c1-16-6-8-17(9-7-16)23-21-4-2-3-5-22(21)24(29)27(26-23)14-19(28)15-30-20-12-10-18(25)11-13-20/h2-13,19,28H,14-15H2,1H3. The summed E-state index contributed by atoms with van der Waals surface area (Å²) in [4.78, 5) is 12.9. The molecule has 5 nitrogen and oxygen atoms in total. The molecule has 30 heavy (non-hydrogen) atoms. The van der Waals surface area contributed by atoms with Crippen molar-refractivity contribution in [3.8, 4) is 17.0 Å². The van der Waals surface area contributed by atoms with Gasteiger partial charge in [-0.3, -0.25) is 4.79 Å². The van der Waals surface area contributed by atoms with Crippen LogP contribution in [0.4, 0.5) is 4.39 Å². The molecule has 1 N–H and O–H groups in total. The van der Waals surface area contributed by atoms with E-state index in [1.165, 1.54) is 28.9 Å². The highest BCUT2D eigenvalue weighted by molar-refractivity contribution is 5.93. The third kappa shape index (κ3) is 4.23. The zero-order valence-corrected chi connectivity index (χ0v) is 16.5. The van der Waals surface area contributed by atoms with Crippen molar-refractivity contribution >= 4 is 10.8 Å². The predicted molar refractivity (Wildman–Crippen MR) is 114 cm³/mol. The first-order chi connectivity index (χ1) is 14.5. The second kappa shape index (κ2) is 8.47. The van der Waals surface area contributed by atoms with E-state index in [-0.39, 0.29) is 24.5 Å². The van der Waals surface area contributed by atoms with Crippen molar-refractivity contribution in [1.82, 2.24) is 9.78 Å². The van der Waals surface area contributed by atoms with Gasteiger partial charge in [-0.25, -0.2) is 9.07 Å². The third-order valence-corrected chi connectivity index (χ3v) is 4.83. The molecule has 0 aliphatic heterocycles. The van der Waals surface area contributed by atoms with E-state index >= 15 is 0 Å². The van der Waals surface area contributed by atoms with Gasteiger partial charge in [0.05, 0.1) is 17.6 Å². The summed E-state index contributed by atoms with van der Waals surface area (Å²) in [6, 6.07) is 20.8. The van der Waals surface area contributed by atoms with Crippen molar-refractivity contribution in [2.45, 2.75) is 19.6 Å². The number of hydrogen-bond donors (Lipinski definition) is 1. The van der Waals surface area contributed by atoms with Gasteiger partial charge in [0.25, 0.3) is 5.56 Å². The molecule has 1 atom stereocenters. The molecule has 0 saturated carbocycles. The molecule has 4 aromatic rings. The molecule has 0 spiro atoms. The minimum Gasteiger partial charge on any atom is -0.491 e. The Morgan fingerprint density at radius 2 is 1.67 bits per heavy atom. The lowest BCUT2D eigenvalue weighted by Gasteiger charge is -2.15. The zero-order valence-electron chi connectivity index (χ0n) is 16.5. The highest BCUT2D eigenvalue weighted by Crippen LogP contribution is 2.25. The number of fused-ring (bicyclic) bond motifs is 1. The largest absolute Gasteiger partial charge is 0.491 e. The van der Waals surface area contributed by atoms with Crippen LogP contribution in [0.2, 0.25) is 0 Å². The Labute approximate surface area is 173 Å². The minimum absolute atomic E-state index is 0.0241. The van der Waals surface area contributed by atoms with Gasteiger partial charge in [0.2, 0.25) is 0 Å². The summed E-state index contributed by atoms with van der Waals surface area (Å²) in [7, 11) is 0. The fourth-order valence-electron chi connectivity index (χ4n) is 3.26. The van der Waals surface area contributed by atoms with Gasteiger partial charge in [-0.2, -0.15) is 5.10 Å². The van der Waals surface area contributed by atoms with Crippen LogP contribution in [-0.4, -0.2) is 27.6 Å². The molecule has 3 aromatic carbocycles. The maximum absolute atomic E-state index is 13.0. The Hall–Kier alpha value is -3.51. The Balaban J connectivity index is 1.63. The number of benzene rings is 3. The highest BCUT2D eigenvalue weighted by atomic mass is 19.1. The number of nitrogens with zero attached hydrogens (tertiary/aromatic N) is 2. The van der Waals surface area contributed by atoms with Gasteiger partial charge >= 0.3 is 0 Å². The van der Waals surface area contributed by atoms with Gasteiger partial charge in [0.1, 0.15) is 24.3 Å². The number of aliphatic hydroxyl groups excluding tert-OH is 1. The number of aryl methyl sites for hydroxylation is 1. The number of aliphatic hydroxyl groups is 1. The summed E-state index contributed by atoms with van der Waals surface area (Å²) in [6.07, 6.45) is -0.965. The molecule has 0 saturated heterocycles. The van der Waals surface area contributed by atoms with Crippen molar-refractivity contribution in [1.29, 1.82) is 0 Å². The molecule has 0 radical (unpaired) electrons. The first-order valence-corrected chi connectivity index (χ1v) is 9.64. The maximum atomic E-state index is 13.0. The predicted octanol–water partition coefficient (Wildman–Crippen LogP) is 3.95. The molecule has 1 heterocycles. The summed E-state index contributed by atoms with van der Waals surface area (Å²) in [5.41, 5.74) is 2.42. The lowest BCUT2D eigenvalue weighted by Crippen LogP contribution is -2.32. The first-order valence-electron chi connectivity index (χ1n) is 9.64. The van der Waals surface area contributed by atoms with Crippen LogP contribution in [0.15, 0.2) is 77.6 Å². The molecule has 0 bridgehead atoms. The van der Waals surface area contributed by atoms with E-state index in [0.717, 1.165) is 16.5 Å². The average molecular weight is 404 g/mol. The van der Waals surface area contributed by atoms with Crippen molar-refractivity contribution in [2.24, 2.45) is 0 Å². The quantitative estimate of drug-likeness (QED) is 0.529. The average Bonchev–Trinajstić information content (AvgIpc) is 2.76. The van der Waals surface area contributed by atoms with E-state index in [1.807, 2.05) is 43.3 Å². The SMILES string of the molecule is Cc1ccc(-c2nn(CC(O)COc3ccc(F)cc3)c(=O)c3ccccc23)cc1. The van der Waals surface area contributed by atoms with Crippen LogP contribution in [0.5, 0.6) is 5.75 Å². The fourth-order valence-corrected chi connectivity index (χ4v) is 3.26. The molecule has 0 amide bonds. The summed E-state index contributed by atoms with van der Waals surface area (Å²) in [5.74, 6) is 0.0769. The van der Waals surface area contributed by atoms with E-state index in [4.69, 9.17) is 4.74 Å². The normalized spacial score (nSPS) is 12.1. The van der Waals surface area contributed by atoms with Gasteiger partial charge in [-0.15, -0.1) is 0 Å². The molecular formula is C24H21FN2O3. The lowest BCUT2D eigenvalue weighted by atomic mass is 10.0. The Bertz CT molecular complexity index is 1220. The van der Waals surface area contributed by atoms with Crippen LogP contribution in [-0.2, 0) is 6.54 Å². The summed E-state index contributed by atoms with van der Waals surface area (Å²) in [5, 5.41) is 16.3. The molecule has 4 rings (SSSR count). The van der Waals surface area contributed by atoms with Gasteiger partial charge in [0, 0.05) is 10.9 Å². The second-order valence-electron chi connectivity index (χ2n) is 7.17. The molecular weight excluding hydrogens is 383 g/mol. The van der Waals surface area contributed by atoms with Crippen LogP contribution >= 0.6 is 0 Å². The fraction of sp³-hybridized carbons (Fsp3) is 0.167. The Morgan fingerprint density at radius 1 is 1.00 bits per heavy atom. The van der Waals surface area contributed by atoms with E-state index in [9.17, 15) is 14.3 Å². The van der Waals surface area contributed by atoms with Crippen LogP contribution in [0, 0.1) is 12.7 Å². The zero-order chi connectivity index (χ0) is 21.1. The second-order valence-corrected chi connectivity index (χ2v) is 7.17. The topological polar surface area (TPSA) is 64.3 Å². The lowest BCUT2D eigenvalue weighted by molar-refractivity contribution is 0.0882. The number of ether oxygens (including phenoxy) is 1. The molecule has 0 aliphatic rings. The van der Waals surface area contributed by atoms with Crippen molar-refractivity contribution < 1.29 is 14.2 Å². The molecule has 1 aromatic heterocycles. The van der Waals surface area contributed by atoms with E-state index in [0.29, 0.717) is 16.8 Å². The number of aromatic nitrogens is 2. The van der Waals surface area contributed by atoms with E-state index < -0.39 is 6.10 Å². The minimum atomic E-state index is -0.965. The third-order valence-electron chi connectivity index (χ3n) is 4.83. The van der Waals surface area contributed by atoms with Gasteiger partial charge in [-0.1, -0.05) is 48.0 Å². The maximum Gasteiger partial charge on any atom is 0.274 e. The first kappa shape index (κ1) is 19.8. The van der Waals surface area contributed by atoms with Crippen molar-refractivity contribution in [3.63, 3.8) is 0 Å². The number of hydrogen-bond acceptors (Lipinski definition) is 4. The van der Waals surface area contributed by atoms with Crippen LogP contribution in [0.25, 0.3) is 22.0 Å². The van der Waals surface area contributed by atoms with Gasteiger partial charge in [0.15, 0.2) is 0 Å². The van der Waals surface area contributed by atoms with Crippen LogP contribution in [0.1, 0.15) is 5.56 Å². The van der Waals surface area contributed by atoms with Crippen LogP contribution in [0.3, 0.4) is 0 Å². The molecule has 0 aliphatic carbocycles. The Kier molecular flexibility index (Phi) is 5.59. The molecule has 1 unspecified atom stereocenters. The summed E-state index contributed by atoms with van der Waals surface area (Å²) in [6.45, 7) is 1.93. The molecule has 6 heteroatoms. The van der Waals surface area contributed by atoms with Gasteiger partial charge < -0.3 is 9.84 Å². The number of rotatable bonds is 6. The molecule has 152 valence electrons. The summed E-state index contributed by atoms with van der Waals surface area (Å²) < 4.78 is 19.8.